The van der Waals surface area contributed by atoms with Crippen molar-refractivity contribution < 1.29 is 23.7 Å². The summed E-state index contributed by atoms with van der Waals surface area (Å²) in [4.78, 5) is 19.1. The molecule has 1 N–H and O–H groups in total. The molecule has 2 aromatic rings. The van der Waals surface area contributed by atoms with Gasteiger partial charge in [0.05, 0.1) is 18.8 Å². The summed E-state index contributed by atoms with van der Waals surface area (Å²) in [6.45, 7) is 3.64. The first-order valence-corrected chi connectivity index (χ1v) is 9.86. The van der Waals surface area contributed by atoms with Crippen molar-refractivity contribution in [3.8, 4) is 11.5 Å². The van der Waals surface area contributed by atoms with Gasteiger partial charge in [0.25, 0.3) is 5.91 Å². The molecule has 0 bridgehead atoms. The number of fused-ring (bicyclic) bond motifs is 1. The van der Waals surface area contributed by atoms with Crippen LogP contribution in [0, 0.1) is 0 Å². The molecular formula is C21H23N3O5. The second kappa shape index (κ2) is 7.53. The van der Waals surface area contributed by atoms with Crippen LogP contribution in [0.5, 0.6) is 11.5 Å². The van der Waals surface area contributed by atoms with Crippen LogP contribution >= 0.6 is 0 Å². The highest BCUT2D eigenvalue weighted by Gasteiger charge is 2.40. The molecule has 1 spiro atoms. The van der Waals surface area contributed by atoms with E-state index < -0.39 is 5.79 Å². The number of aromatic nitrogens is 1. The molecule has 29 heavy (non-hydrogen) atoms. The number of anilines is 1. The monoisotopic (exact) mass is 397 g/mol. The maximum atomic E-state index is 12.5. The van der Waals surface area contributed by atoms with Gasteiger partial charge in [-0.3, -0.25) is 4.79 Å². The molecule has 8 nitrogen and oxygen atoms in total. The molecule has 8 heteroatoms. The van der Waals surface area contributed by atoms with Gasteiger partial charge in [0.1, 0.15) is 5.82 Å². The highest BCUT2D eigenvalue weighted by Crippen LogP contribution is 2.33. The summed E-state index contributed by atoms with van der Waals surface area (Å²) in [5, 5.41) is 2.92. The molecule has 3 aliphatic rings. The van der Waals surface area contributed by atoms with Crippen LogP contribution in [0.3, 0.4) is 0 Å². The Morgan fingerprint density at radius 2 is 1.86 bits per heavy atom. The Morgan fingerprint density at radius 3 is 2.62 bits per heavy atom. The quantitative estimate of drug-likeness (QED) is 0.846. The van der Waals surface area contributed by atoms with Crippen LogP contribution in [0.1, 0.15) is 28.8 Å². The number of rotatable bonds is 4. The molecule has 5 rings (SSSR count). The van der Waals surface area contributed by atoms with Gasteiger partial charge in [-0.25, -0.2) is 4.98 Å². The number of nitrogens with zero attached hydrogens (tertiary/aromatic N) is 2. The van der Waals surface area contributed by atoms with Gasteiger partial charge < -0.3 is 29.2 Å². The minimum absolute atomic E-state index is 0.160. The molecule has 3 aliphatic heterocycles. The first-order valence-electron chi connectivity index (χ1n) is 9.86. The third-order valence-electron chi connectivity index (χ3n) is 5.56. The lowest BCUT2D eigenvalue weighted by Gasteiger charge is -2.38. The standard InChI is InChI=1S/C21H23N3O5/c25-20(23-12-15-1-3-17-18(11-15)27-14-26-17)16-2-4-19(22-13-16)24-7-5-21(6-8-24)28-9-10-29-21/h1-4,11,13H,5-10,12,14H2,(H,23,25). The molecule has 0 unspecified atom stereocenters. The predicted octanol–water partition coefficient (Wildman–Crippen LogP) is 2.08. The van der Waals surface area contributed by atoms with Crippen molar-refractivity contribution in [1.29, 1.82) is 0 Å². The Hall–Kier alpha value is -2.84. The first-order chi connectivity index (χ1) is 14.2. The van der Waals surface area contributed by atoms with Gasteiger partial charge in [0.2, 0.25) is 6.79 Å². The summed E-state index contributed by atoms with van der Waals surface area (Å²) in [5.74, 6) is 1.75. The minimum atomic E-state index is -0.398. The van der Waals surface area contributed by atoms with E-state index in [4.69, 9.17) is 18.9 Å². The third-order valence-corrected chi connectivity index (χ3v) is 5.56. The zero-order valence-corrected chi connectivity index (χ0v) is 16.1. The lowest BCUT2D eigenvalue weighted by molar-refractivity contribution is -0.169. The lowest BCUT2D eigenvalue weighted by atomic mass is 10.0. The molecule has 2 saturated heterocycles. The molecule has 1 aromatic heterocycles. The largest absolute Gasteiger partial charge is 0.454 e. The van der Waals surface area contributed by atoms with Crippen molar-refractivity contribution in [2.75, 3.05) is 38.0 Å². The van der Waals surface area contributed by atoms with Crippen molar-refractivity contribution >= 4 is 11.7 Å². The van der Waals surface area contributed by atoms with E-state index in [0.29, 0.717) is 31.1 Å². The molecule has 0 saturated carbocycles. The lowest BCUT2D eigenvalue weighted by Crippen LogP contribution is -2.45. The first kappa shape index (κ1) is 18.2. The Labute approximate surface area is 168 Å². The molecule has 0 aliphatic carbocycles. The van der Waals surface area contributed by atoms with Crippen LogP contribution in [0.4, 0.5) is 5.82 Å². The number of amides is 1. The minimum Gasteiger partial charge on any atom is -0.454 e. The van der Waals surface area contributed by atoms with E-state index in [1.807, 2.05) is 30.3 Å². The smallest absolute Gasteiger partial charge is 0.253 e. The fraction of sp³-hybridized carbons (Fsp3) is 0.429. The Balaban J connectivity index is 1.16. The summed E-state index contributed by atoms with van der Waals surface area (Å²) in [7, 11) is 0. The molecule has 0 radical (unpaired) electrons. The average Bonchev–Trinajstić information content (AvgIpc) is 3.42. The van der Waals surface area contributed by atoms with E-state index in [-0.39, 0.29) is 12.7 Å². The van der Waals surface area contributed by atoms with Crippen molar-refractivity contribution in [3.63, 3.8) is 0 Å². The van der Waals surface area contributed by atoms with Gasteiger partial charge in [0.15, 0.2) is 17.3 Å². The summed E-state index contributed by atoms with van der Waals surface area (Å²) in [6, 6.07) is 9.35. The van der Waals surface area contributed by atoms with Gasteiger partial charge in [-0.15, -0.1) is 0 Å². The van der Waals surface area contributed by atoms with Crippen LogP contribution in [0.2, 0.25) is 0 Å². The zero-order valence-electron chi connectivity index (χ0n) is 16.1. The molecular weight excluding hydrogens is 374 g/mol. The number of hydrogen-bond acceptors (Lipinski definition) is 7. The second-order valence-electron chi connectivity index (χ2n) is 7.37. The number of pyridine rings is 1. The van der Waals surface area contributed by atoms with Crippen molar-refractivity contribution in [1.82, 2.24) is 10.3 Å². The van der Waals surface area contributed by atoms with E-state index in [1.165, 1.54) is 0 Å². The summed E-state index contributed by atoms with van der Waals surface area (Å²) < 4.78 is 22.2. The molecule has 2 fully saturated rings. The fourth-order valence-electron chi connectivity index (χ4n) is 3.90. The van der Waals surface area contributed by atoms with Crippen molar-refractivity contribution in [3.05, 3.63) is 47.7 Å². The Morgan fingerprint density at radius 1 is 1.07 bits per heavy atom. The van der Waals surface area contributed by atoms with E-state index in [1.54, 1.807) is 6.20 Å². The van der Waals surface area contributed by atoms with Gasteiger partial charge in [0, 0.05) is 38.7 Å². The molecule has 0 atom stereocenters. The number of piperidine rings is 1. The second-order valence-corrected chi connectivity index (χ2v) is 7.37. The van der Waals surface area contributed by atoms with Crippen LogP contribution in [-0.2, 0) is 16.0 Å². The highest BCUT2D eigenvalue weighted by atomic mass is 16.7. The number of carbonyl (C=O) groups is 1. The van der Waals surface area contributed by atoms with Crippen molar-refractivity contribution in [2.45, 2.75) is 25.2 Å². The van der Waals surface area contributed by atoms with E-state index in [2.05, 4.69) is 15.2 Å². The van der Waals surface area contributed by atoms with Crippen LogP contribution < -0.4 is 19.7 Å². The molecule has 4 heterocycles. The highest BCUT2D eigenvalue weighted by molar-refractivity contribution is 5.94. The van der Waals surface area contributed by atoms with Gasteiger partial charge >= 0.3 is 0 Å². The molecule has 152 valence electrons. The third kappa shape index (κ3) is 3.73. The van der Waals surface area contributed by atoms with Gasteiger partial charge in [-0.05, 0) is 29.8 Å². The number of nitrogens with one attached hydrogen (secondary N) is 1. The van der Waals surface area contributed by atoms with E-state index >= 15 is 0 Å². The Bertz CT molecular complexity index is 886. The maximum Gasteiger partial charge on any atom is 0.253 e. The average molecular weight is 397 g/mol. The van der Waals surface area contributed by atoms with E-state index in [0.717, 1.165) is 43.1 Å². The van der Waals surface area contributed by atoms with Crippen LogP contribution in [0.25, 0.3) is 0 Å². The summed E-state index contributed by atoms with van der Waals surface area (Å²) >= 11 is 0. The number of hydrogen-bond donors (Lipinski definition) is 1. The molecule has 1 amide bonds. The number of ether oxygens (including phenoxy) is 4. The van der Waals surface area contributed by atoms with Crippen LogP contribution in [0.15, 0.2) is 36.5 Å². The fourth-order valence-corrected chi connectivity index (χ4v) is 3.90. The van der Waals surface area contributed by atoms with Gasteiger partial charge in [-0.1, -0.05) is 6.07 Å². The normalized spacial score (nSPS) is 19.5. The maximum absolute atomic E-state index is 12.5. The summed E-state index contributed by atoms with van der Waals surface area (Å²) in [5.41, 5.74) is 1.48. The number of benzene rings is 1. The SMILES string of the molecule is O=C(NCc1ccc2c(c1)OCO2)c1ccc(N2CCC3(CC2)OCCO3)nc1. The topological polar surface area (TPSA) is 82.2 Å². The summed E-state index contributed by atoms with van der Waals surface area (Å²) in [6.07, 6.45) is 3.27. The predicted molar refractivity (Wildman–Crippen MR) is 104 cm³/mol. The zero-order chi connectivity index (χ0) is 19.7. The van der Waals surface area contributed by atoms with Gasteiger partial charge in [-0.2, -0.15) is 0 Å². The van der Waals surface area contributed by atoms with Crippen LogP contribution in [-0.4, -0.2) is 49.8 Å². The number of carbonyl (C=O) groups excluding carboxylic acids is 1. The van der Waals surface area contributed by atoms with Crippen molar-refractivity contribution in [2.24, 2.45) is 0 Å². The van der Waals surface area contributed by atoms with E-state index in [9.17, 15) is 4.79 Å². The Kier molecular flexibility index (Phi) is 4.73. The molecule has 1 aromatic carbocycles.